The summed E-state index contributed by atoms with van der Waals surface area (Å²) in [4.78, 5) is 4.01. The lowest BCUT2D eigenvalue weighted by molar-refractivity contribution is -0.119. The van der Waals surface area contributed by atoms with E-state index in [2.05, 4.69) is 30.9 Å². The Hall–Kier alpha value is -2.07. The van der Waals surface area contributed by atoms with Crippen molar-refractivity contribution in [2.75, 3.05) is 32.2 Å². The number of hydrogen-bond donors (Lipinski definition) is 3. The number of nitrogens with zero attached hydrogens (tertiary/aromatic N) is 3. The topological polar surface area (TPSA) is 128 Å². The second-order valence-corrected chi connectivity index (χ2v) is 7.90. The van der Waals surface area contributed by atoms with Crippen LogP contribution in [0, 0.1) is 5.41 Å². The summed E-state index contributed by atoms with van der Waals surface area (Å²) >= 11 is 0. The minimum atomic E-state index is -0.929. The highest BCUT2D eigenvalue weighted by atomic mass is 16.6. The maximum Gasteiger partial charge on any atom is 0.151 e. The molecular formula is C23H39N5O4. The van der Waals surface area contributed by atoms with Crippen LogP contribution in [-0.4, -0.2) is 70.2 Å². The van der Waals surface area contributed by atoms with E-state index in [1.807, 2.05) is 0 Å². The molecule has 2 aromatic heterocycles. The van der Waals surface area contributed by atoms with Crippen LogP contribution in [0.1, 0.15) is 65.0 Å². The number of nitrogens with two attached hydrogens (primary N) is 1. The van der Waals surface area contributed by atoms with Crippen molar-refractivity contribution < 1.29 is 19.3 Å². The first kappa shape index (κ1) is 26.2. The monoisotopic (exact) mass is 449 g/mol. The number of hydrogen-bond acceptors (Lipinski definition) is 8. The third kappa shape index (κ3) is 7.23. The van der Waals surface area contributed by atoms with Crippen molar-refractivity contribution in [3.05, 3.63) is 24.2 Å². The minimum absolute atomic E-state index is 0.127. The smallest absolute Gasteiger partial charge is 0.151 e. The first-order chi connectivity index (χ1) is 15.5. The number of rotatable bonds is 17. The predicted molar refractivity (Wildman–Crippen MR) is 125 cm³/mol. The zero-order valence-corrected chi connectivity index (χ0v) is 19.6. The summed E-state index contributed by atoms with van der Waals surface area (Å²) in [5, 5.41) is 24.2. The molecular weight excluding hydrogens is 410 g/mol. The molecule has 2 rings (SSSR count). The number of nitrogen functional groups attached to an aromatic ring is 1. The minimum Gasteiger partial charge on any atom is -0.388 e. The van der Waals surface area contributed by atoms with E-state index in [1.165, 1.54) is 6.33 Å². The average Bonchev–Trinajstić information content (AvgIpc) is 3.23. The van der Waals surface area contributed by atoms with Gasteiger partial charge >= 0.3 is 0 Å². The van der Waals surface area contributed by atoms with Crippen LogP contribution in [0.2, 0.25) is 0 Å². The third-order valence-corrected chi connectivity index (χ3v) is 5.25. The quantitative estimate of drug-likeness (QED) is 0.250. The van der Waals surface area contributed by atoms with Crippen LogP contribution in [0.25, 0.3) is 5.52 Å². The van der Waals surface area contributed by atoms with Gasteiger partial charge in [-0.3, -0.25) is 0 Å². The SMILES string of the molecule is CCCCOC[C@@H](O)[C@@H](OCCCC)[C@@H](OCCCC)C(=N)c1ccc2c(N)ncnn12. The lowest BCUT2D eigenvalue weighted by Gasteiger charge is -2.31. The number of anilines is 1. The average molecular weight is 450 g/mol. The number of aliphatic hydroxyl groups excluding tert-OH is 1. The van der Waals surface area contributed by atoms with Crippen molar-refractivity contribution in [2.45, 2.75) is 77.6 Å². The zero-order chi connectivity index (χ0) is 23.3. The molecule has 3 atom stereocenters. The Morgan fingerprint density at radius 1 is 1.06 bits per heavy atom. The highest BCUT2D eigenvalue weighted by Crippen LogP contribution is 2.20. The van der Waals surface area contributed by atoms with E-state index in [9.17, 15) is 5.11 Å². The fourth-order valence-corrected chi connectivity index (χ4v) is 3.31. The van der Waals surface area contributed by atoms with Gasteiger partial charge in [-0.1, -0.05) is 40.0 Å². The fourth-order valence-electron chi connectivity index (χ4n) is 3.31. The molecule has 0 aliphatic rings. The molecule has 2 heterocycles. The summed E-state index contributed by atoms with van der Waals surface area (Å²) in [6, 6.07) is 3.55. The first-order valence-corrected chi connectivity index (χ1v) is 11.7. The van der Waals surface area contributed by atoms with Crippen LogP contribution in [-0.2, 0) is 14.2 Å². The Balaban J connectivity index is 2.30. The van der Waals surface area contributed by atoms with E-state index in [1.54, 1.807) is 16.6 Å². The molecule has 180 valence electrons. The normalized spacial score (nSPS) is 14.5. The van der Waals surface area contributed by atoms with Gasteiger partial charge in [-0.05, 0) is 31.4 Å². The third-order valence-electron chi connectivity index (χ3n) is 5.25. The molecule has 0 spiro atoms. The lowest BCUT2D eigenvalue weighted by atomic mass is 10.0. The van der Waals surface area contributed by atoms with Gasteiger partial charge in [0, 0.05) is 19.8 Å². The van der Waals surface area contributed by atoms with Crippen molar-refractivity contribution in [1.29, 1.82) is 5.41 Å². The molecule has 9 nitrogen and oxygen atoms in total. The van der Waals surface area contributed by atoms with Crippen LogP contribution in [0.5, 0.6) is 0 Å². The van der Waals surface area contributed by atoms with Crippen LogP contribution >= 0.6 is 0 Å². The number of aliphatic hydroxyl groups is 1. The van der Waals surface area contributed by atoms with Crippen LogP contribution < -0.4 is 5.73 Å². The molecule has 0 fully saturated rings. The lowest BCUT2D eigenvalue weighted by Crippen LogP contribution is -2.48. The van der Waals surface area contributed by atoms with Gasteiger partial charge in [0.25, 0.3) is 0 Å². The fraction of sp³-hybridized carbons (Fsp3) is 0.696. The predicted octanol–water partition coefficient (Wildman–Crippen LogP) is 3.23. The van der Waals surface area contributed by atoms with Crippen molar-refractivity contribution in [3.8, 4) is 0 Å². The zero-order valence-electron chi connectivity index (χ0n) is 19.6. The van der Waals surface area contributed by atoms with Gasteiger partial charge in [-0.25, -0.2) is 9.50 Å². The van der Waals surface area contributed by atoms with Gasteiger partial charge in [0.2, 0.25) is 0 Å². The summed E-state index contributed by atoms with van der Waals surface area (Å²) in [7, 11) is 0. The largest absolute Gasteiger partial charge is 0.388 e. The van der Waals surface area contributed by atoms with Crippen molar-refractivity contribution in [1.82, 2.24) is 14.6 Å². The molecule has 0 bridgehead atoms. The van der Waals surface area contributed by atoms with E-state index in [4.69, 9.17) is 25.4 Å². The van der Waals surface area contributed by atoms with E-state index in [-0.39, 0.29) is 12.3 Å². The molecule has 2 aromatic rings. The Morgan fingerprint density at radius 3 is 2.41 bits per heavy atom. The van der Waals surface area contributed by atoms with Crippen molar-refractivity contribution in [3.63, 3.8) is 0 Å². The molecule has 0 unspecified atom stereocenters. The summed E-state index contributed by atoms with van der Waals surface area (Å²) in [5.74, 6) is 0.336. The van der Waals surface area contributed by atoms with Gasteiger partial charge in [0.1, 0.15) is 30.2 Å². The Bertz CT molecular complexity index is 813. The number of fused-ring (bicyclic) bond motifs is 1. The first-order valence-electron chi connectivity index (χ1n) is 11.7. The summed E-state index contributed by atoms with van der Waals surface area (Å²) in [6.45, 7) is 7.88. The molecule has 0 saturated carbocycles. The molecule has 0 radical (unpaired) electrons. The molecule has 0 aliphatic carbocycles. The highest BCUT2D eigenvalue weighted by Gasteiger charge is 2.35. The van der Waals surface area contributed by atoms with Gasteiger partial charge < -0.3 is 30.5 Å². The maximum absolute atomic E-state index is 11.0. The Kier molecular flexibility index (Phi) is 11.6. The number of nitrogens with one attached hydrogen (secondary N) is 1. The molecule has 4 N–H and O–H groups in total. The summed E-state index contributed by atoms with van der Waals surface area (Å²) in [5.41, 5.74) is 7.28. The highest BCUT2D eigenvalue weighted by molar-refractivity contribution is 6.02. The van der Waals surface area contributed by atoms with Gasteiger partial charge in [-0.2, -0.15) is 5.10 Å². The van der Waals surface area contributed by atoms with Crippen LogP contribution in [0.15, 0.2) is 18.5 Å². The Morgan fingerprint density at radius 2 is 1.72 bits per heavy atom. The van der Waals surface area contributed by atoms with E-state index in [0.29, 0.717) is 36.8 Å². The van der Waals surface area contributed by atoms with E-state index >= 15 is 0 Å². The summed E-state index contributed by atoms with van der Waals surface area (Å²) in [6.07, 6.45) is 4.49. The number of aromatic nitrogens is 3. The molecule has 0 aliphatic heterocycles. The van der Waals surface area contributed by atoms with Crippen molar-refractivity contribution in [2.24, 2.45) is 0 Å². The van der Waals surface area contributed by atoms with E-state index < -0.39 is 18.3 Å². The van der Waals surface area contributed by atoms with Gasteiger partial charge in [-0.15, -0.1) is 0 Å². The number of ether oxygens (including phenoxy) is 3. The molecule has 0 saturated heterocycles. The Labute approximate surface area is 190 Å². The molecule has 0 aromatic carbocycles. The summed E-state index contributed by atoms with van der Waals surface area (Å²) < 4.78 is 19.5. The maximum atomic E-state index is 11.0. The molecule has 32 heavy (non-hydrogen) atoms. The van der Waals surface area contributed by atoms with Crippen LogP contribution in [0.4, 0.5) is 5.82 Å². The second kappa shape index (κ2) is 14.2. The van der Waals surface area contributed by atoms with Gasteiger partial charge in [0.15, 0.2) is 5.82 Å². The second-order valence-electron chi connectivity index (χ2n) is 7.90. The van der Waals surface area contributed by atoms with Gasteiger partial charge in [0.05, 0.1) is 18.0 Å². The van der Waals surface area contributed by atoms with E-state index in [0.717, 1.165) is 38.5 Å². The number of unbranched alkanes of at least 4 members (excludes halogenated alkanes) is 3. The molecule has 9 heteroatoms. The molecule has 0 amide bonds. The van der Waals surface area contributed by atoms with Crippen molar-refractivity contribution >= 4 is 17.0 Å². The standard InChI is InChI=1S/C23H39N5O4/c1-4-7-12-30-15-19(29)21(31-13-8-5-2)22(32-14-9-6-3)20(24)17-10-11-18-23(25)26-16-27-28(17)18/h10-11,16,19,21-22,24,29H,4-9,12-15H2,1-3H3,(H2,25,26,27)/t19-,21-,22+/m1/s1. The van der Waals surface area contributed by atoms with Crippen LogP contribution in [0.3, 0.4) is 0 Å².